The van der Waals surface area contributed by atoms with Crippen LogP contribution >= 0.6 is 0 Å². The number of hydroxylamine groups is 2. The Morgan fingerprint density at radius 1 is 1.06 bits per heavy atom. The Labute approximate surface area is 207 Å². The number of carbonyl (C=O) groups excluding carboxylic acids is 1. The van der Waals surface area contributed by atoms with Crippen molar-refractivity contribution in [2.75, 3.05) is 19.6 Å². The van der Waals surface area contributed by atoms with Crippen molar-refractivity contribution < 1.29 is 19.5 Å². The van der Waals surface area contributed by atoms with Crippen LogP contribution in [0.4, 0.5) is 4.79 Å². The molecule has 0 saturated carbocycles. The maximum Gasteiger partial charge on any atom is 0.343 e. The SMILES string of the molecule is CCN(O)C(=O)N1CCC(c2nc(-c3ccc(C(C)(C)C)cc3)c(-c3ccc(CO)cc3)o2)CC1. The summed E-state index contributed by atoms with van der Waals surface area (Å²) in [5.41, 5.74) is 4.84. The van der Waals surface area contributed by atoms with E-state index in [2.05, 4.69) is 45.0 Å². The number of hydrogen-bond donors (Lipinski definition) is 2. The number of aliphatic hydroxyl groups excluding tert-OH is 1. The maximum atomic E-state index is 12.3. The molecule has 1 fully saturated rings. The van der Waals surface area contributed by atoms with Gasteiger partial charge in [-0.25, -0.2) is 14.8 Å². The van der Waals surface area contributed by atoms with Crippen LogP contribution < -0.4 is 0 Å². The van der Waals surface area contributed by atoms with Crippen molar-refractivity contribution in [1.82, 2.24) is 14.9 Å². The standard InChI is InChI=1S/C28H35N3O4/c1-5-31(34)27(33)30-16-14-22(15-17-30)26-29-24(20-10-12-23(13-11-20)28(2,3)4)25(35-26)21-8-6-19(18-32)7-9-21/h6-13,22,32,34H,5,14-18H2,1-4H3. The van der Waals surface area contributed by atoms with Crippen LogP contribution in [0.25, 0.3) is 22.6 Å². The monoisotopic (exact) mass is 477 g/mol. The molecule has 0 spiro atoms. The Kier molecular flexibility index (Phi) is 7.28. The predicted octanol–water partition coefficient (Wildman–Crippen LogP) is 5.81. The van der Waals surface area contributed by atoms with Crippen LogP contribution in [0.5, 0.6) is 0 Å². The van der Waals surface area contributed by atoms with Crippen LogP contribution in [0, 0.1) is 0 Å². The van der Waals surface area contributed by atoms with E-state index < -0.39 is 0 Å². The highest BCUT2D eigenvalue weighted by atomic mass is 16.5. The molecule has 2 aromatic carbocycles. The van der Waals surface area contributed by atoms with Crippen LogP contribution in [0.3, 0.4) is 0 Å². The minimum absolute atomic E-state index is 0.0103. The number of rotatable bonds is 5. The number of likely N-dealkylation sites (tertiary alicyclic amines) is 1. The fourth-order valence-corrected chi connectivity index (χ4v) is 4.41. The lowest BCUT2D eigenvalue weighted by Crippen LogP contribution is -2.45. The lowest BCUT2D eigenvalue weighted by Gasteiger charge is -2.32. The second-order valence-electron chi connectivity index (χ2n) is 10.2. The molecule has 0 unspecified atom stereocenters. The second-order valence-corrected chi connectivity index (χ2v) is 10.2. The van der Waals surface area contributed by atoms with E-state index in [0.717, 1.165) is 40.3 Å². The zero-order valence-electron chi connectivity index (χ0n) is 21.0. The first-order chi connectivity index (χ1) is 16.7. The van der Waals surface area contributed by atoms with Gasteiger partial charge in [0.15, 0.2) is 11.7 Å². The Morgan fingerprint density at radius 3 is 2.20 bits per heavy atom. The lowest BCUT2D eigenvalue weighted by molar-refractivity contribution is -0.0543. The van der Waals surface area contributed by atoms with Gasteiger partial charge in [0, 0.05) is 36.7 Å². The third kappa shape index (κ3) is 5.41. The van der Waals surface area contributed by atoms with Gasteiger partial charge in [0.1, 0.15) is 5.69 Å². The molecule has 0 bridgehead atoms. The minimum atomic E-state index is -0.359. The molecule has 2 heterocycles. The summed E-state index contributed by atoms with van der Waals surface area (Å²) < 4.78 is 6.39. The quantitative estimate of drug-likeness (QED) is 0.358. The van der Waals surface area contributed by atoms with Crippen LogP contribution in [0.1, 0.15) is 63.5 Å². The Bertz CT molecular complexity index is 1140. The molecule has 2 N–H and O–H groups in total. The van der Waals surface area contributed by atoms with Crippen molar-refractivity contribution in [2.24, 2.45) is 0 Å². The van der Waals surface area contributed by atoms with Crippen LogP contribution in [0.2, 0.25) is 0 Å². The molecule has 1 aliphatic rings. The second kappa shape index (κ2) is 10.2. The van der Waals surface area contributed by atoms with E-state index in [-0.39, 0.29) is 30.5 Å². The summed E-state index contributed by atoms with van der Waals surface area (Å²) in [6, 6.07) is 15.8. The van der Waals surface area contributed by atoms with Crippen molar-refractivity contribution in [2.45, 2.75) is 58.5 Å². The minimum Gasteiger partial charge on any atom is -0.440 e. The predicted molar refractivity (Wildman–Crippen MR) is 135 cm³/mol. The molecule has 4 rings (SSSR count). The number of urea groups is 1. The number of nitrogens with zero attached hydrogens (tertiary/aromatic N) is 3. The molecule has 0 atom stereocenters. The maximum absolute atomic E-state index is 12.3. The van der Waals surface area contributed by atoms with Crippen LogP contribution in [0.15, 0.2) is 52.9 Å². The van der Waals surface area contributed by atoms with Gasteiger partial charge in [-0.15, -0.1) is 0 Å². The van der Waals surface area contributed by atoms with Crippen molar-refractivity contribution in [3.63, 3.8) is 0 Å². The Morgan fingerprint density at radius 2 is 1.66 bits per heavy atom. The molecule has 7 nitrogen and oxygen atoms in total. The number of piperidine rings is 1. The van der Waals surface area contributed by atoms with Gasteiger partial charge in [-0.2, -0.15) is 0 Å². The highest BCUT2D eigenvalue weighted by Crippen LogP contribution is 2.38. The largest absolute Gasteiger partial charge is 0.440 e. The molecule has 186 valence electrons. The third-order valence-corrected chi connectivity index (χ3v) is 6.70. The van der Waals surface area contributed by atoms with Gasteiger partial charge in [0.25, 0.3) is 0 Å². The summed E-state index contributed by atoms with van der Waals surface area (Å²) in [6.45, 7) is 9.64. The number of hydrogen-bond acceptors (Lipinski definition) is 5. The molecule has 1 aromatic heterocycles. The van der Waals surface area contributed by atoms with Gasteiger partial charge in [-0.05, 0) is 36.3 Å². The third-order valence-electron chi connectivity index (χ3n) is 6.70. The molecule has 2 amide bonds. The Balaban J connectivity index is 1.64. The summed E-state index contributed by atoms with van der Waals surface area (Å²) in [7, 11) is 0. The molecule has 35 heavy (non-hydrogen) atoms. The van der Waals surface area contributed by atoms with Gasteiger partial charge >= 0.3 is 6.03 Å². The average molecular weight is 478 g/mol. The molecule has 7 heteroatoms. The van der Waals surface area contributed by atoms with E-state index in [1.807, 2.05) is 24.3 Å². The van der Waals surface area contributed by atoms with Crippen molar-refractivity contribution in [3.05, 3.63) is 65.5 Å². The smallest absolute Gasteiger partial charge is 0.343 e. The van der Waals surface area contributed by atoms with Gasteiger partial charge in [0.2, 0.25) is 0 Å². The fourth-order valence-electron chi connectivity index (χ4n) is 4.41. The number of aliphatic hydroxyl groups is 1. The molecule has 1 saturated heterocycles. The van der Waals surface area contributed by atoms with Gasteiger partial charge in [0.05, 0.1) is 6.61 Å². The highest BCUT2D eigenvalue weighted by molar-refractivity contribution is 5.77. The van der Waals surface area contributed by atoms with Gasteiger partial charge in [-0.3, -0.25) is 5.21 Å². The van der Waals surface area contributed by atoms with Crippen molar-refractivity contribution in [3.8, 4) is 22.6 Å². The fraction of sp³-hybridized carbons (Fsp3) is 0.429. The summed E-state index contributed by atoms with van der Waals surface area (Å²) in [4.78, 5) is 18.9. The van der Waals surface area contributed by atoms with Gasteiger partial charge in [-0.1, -0.05) is 69.3 Å². The van der Waals surface area contributed by atoms with E-state index in [1.165, 1.54) is 5.56 Å². The summed E-state index contributed by atoms with van der Waals surface area (Å²) in [5, 5.41) is 19.9. The summed E-state index contributed by atoms with van der Waals surface area (Å²) in [6.07, 6.45) is 1.43. The van der Waals surface area contributed by atoms with E-state index in [1.54, 1.807) is 11.8 Å². The number of aromatic nitrogens is 1. The van der Waals surface area contributed by atoms with Crippen LogP contribution in [-0.2, 0) is 12.0 Å². The van der Waals surface area contributed by atoms with Crippen molar-refractivity contribution in [1.29, 1.82) is 0 Å². The topological polar surface area (TPSA) is 90.0 Å². The van der Waals surface area contributed by atoms with E-state index in [0.29, 0.717) is 24.7 Å². The molecule has 0 aliphatic carbocycles. The van der Waals surface area contributed by atoms with Crippen molar-refractivity contribution >= 4 is 6.03 Å². The van der Waals surface area contributed by atoms with E-state index in [4.69, 9.17) is 9.40 Å². The number of benzene rings is 2. The van der Waals surface area contributed by atoms with Crippen LogP contribution in [-0.4, -0.2) is 50.9 Å². The lowest BCUT2D eigenvalue weighted by atomic mass is 9.86. The summed E-state index contributed by atoms with van der Waals surface area (Å²) >= 11 is 0. The van der Waals surface area contributed by atoms with Gasteiger partial charge < -0.3 is 14.4 Å². The molecule has 0 radical (unpaired) electrons. The average Bonchev–Trinajstić information content (AvgIpc) is 3.33. The normalized spacial score (nSPS) is 14.9. The zero-order chi connectivity index (χ0) is 25.2. The Hall–Kier alpha value is -3.16. The molecule has 1 aliphatic heterocycles. The summed E-state index contributed by atoms with van der Waals surface area (Å²) in [5.74, 6) is 1.47. The number of amides is 2. The molecular weight excluding hydrogens is 442 g/mol. The first kappa shape index (κ1) is 24.9. The van der Waals surface area contributed by atoms with E-state index in [9.17, 15) is 15.1 Å². The number of carbonyl (C=O) groups is 1. The zero-order valence-corrected chi connectivity index (χ0v) is 21.0. The molecular formula is C28H35N3O4. The first-order valence-electron chi connectivity index (χ1n) is 12.3. The highest BCUT2D eigenvalue weighted by Gasteiger charge is 2.30. The first-order valence-corrected chi connectivity index (χ1v) is 12.3. The number of oxazole rings is 1. The van der Waals surface area contributed by atoms with E-state index >= 15 is 0 Å². The molecule has 3 aromatic rings.